The van der Waals surface area contributed by atoms with Gasteiger partial charge in [0.1, 0.15) is 0 Å². The van der Waals surface area contributed by atoms with Gasteiger partial charge in [0.2, 0.25) is 5.91 Å². The molecule has 1 atom stereocenters. The molecular weight excluding hydrogens is 305 g/mol. The number of hydrogen-bond acceptors (Lipinski definition) is 1. The number of carbonyl (C=O) groups excluding carboxylic acids is 1. The molecule has 0 saturated carbocycles. The molecule has 0 aliphatic carbocycles. The maximum Gasteiger partial charge on any atom is 0.244 e. The maximum atomic E-state index is 11.9. The normalized spacial score (nSPS) is 12.3. The molecule has 0 saturated heterocycles. The summed E-state index contributed by atoms with van der Waals surface area (Å²) in [5.41, 5.74) is 1.89. The lowest BCUT2D eigenvalue weighted by atomic mass is 10.1. The van der Waals surface area contributed by atoms with Crippen LogP contribution < -0.4 is 5.32 Å². The minimum absolute atomic E-state index is 0.0443. The van der Waals surface area contributed by atoms with Crippen LogP contribution in [0.2, 0.25) is 10.0 Å². The lowest BCUT2D eigenvalue weighted by molar-refractivity contribution is -0.117. The van der Waals surface area contributed by atoms with Gasteiger partial charge in [0.25, 0.3) is 0 Å². The van der Waals surface area contributed by atoms with Gasteiger partial charge in [-0.05, 0) is 36.3 Å². The van der Waals surface area contributed by atoms with Crippen molar-refractivity contribution in [3.05, 3.63) is 75.8 Å². The monoisotopic (exact) mass is 319 g/mol. The van der Waals surface area contributed by atoms with E-state index in [1.54, 1.807) is 24.3 Å². The van der Waals surface area contributed by atoms with Gasteiger partial charge in [0.05, 0.1) is 16.1 Å². The van der Waals surface area contributed by atoms with E-state index in [-0.39, 0.29) is 11.9 Å². The second-order valence-electron chi connectivity index (χ2n) is 4.65. The van der Waals surface area contributed by atoms with Gasteiger partial charge in [-0.25, -0.2) is 0 Å². The molecule has 0 fully saturated rings. The Morgan fingerprint density at radius 2 is 1.81 bits per heavy atom. The van der Waals surface area contributed by atoms with Crippen LogP contribution in [0, 0.1) is 0 Å². The van der Waals surface area contributed by atoms with E-state index in [0.29, 0.717) is 10.0 Å². The van der Waals surface area contributed by atoms with Crippen molar-refractivity contribution in [1.29, 1.82) is 0 Å². The van der Waals surface area contributed by atoms with Gasteiger partial charge in [0, 0.05) is 6.08 Å². The van der Waals surface area contributed by atoms with E-state index in [4.69, 9.17) is 23.2 Å². The van der Waals surface area contributed by atoms with Gasteiger partial charge in [-0.1, -0.05) is 59.6 Å². The van der Waals surface area contributed by atoms with Crippen LogP contribution in [0.25, 0.3) is 6.08 Å². The molecule has 4 heteroatoms. The number of hydrogen-bond donors (Lipinski definition) is 1. The molecule has 1 unspecified atom stereocenters. The second kappa shape index (κ2) is 7.30. The Bertz CT molecular complexity index is 653. The fraction of sp³-hybridized carbons (Fsp3) is 0.118. The van der Waals surface area contributed by atoms with Crippen LogP contribution in [0.1, 0.15) is 24.1 Å². The highest BCUT2D eigenvalue weighted by molar-refractivity contribution is 6.42. The molecule has 2 nitrogen and oxygen atoms in total. The molecule has 2 aromatic rings. The highest BCUT2D eigenvalue weighted by Crippen LogP contribution is 2.23. The first kappa shape index (κ1) is 15.6. The summed E-state index contributed by atoms with van der Waals surface area (Å²) in [6.07, 6.45) is 3.19. The zero-order valence-corrected chi connectivity index (χ0v) is 13.0. The third-order valence-electron chi connectivity index (χ3n) is 3.03. The molecule has 21 heavy (non-hydrogen) atoms. The maximum absolute atomic E-state index is 11.9. The highest BCUT2D eigenvalue weighted by atomic mass is 35.5. The molecule has 0 aliphatic heterocycles. The Labute approximate surface area is 134 Å². The Morgan fingerprint density at radius 1 is 1.10 bits per heavy atom. The predicted molar refractivity (Wildman–Crippen MR) is 88.5 cm³/mol. The molecule has 1 N–H and O–H groups in total. The van der Waals surface area contributed by atoms with E-state index in [1.807, 2.05) is 37.3 Å². The fourth-order valence-corrected chi connectivity index (χ4v) is 2.18. The first-order chi connectivity index (χ1) is 10.1. The zero-order valence-electron chi connectivity index (χ0n) is 11.5. The SMILES string of the molecule is CC(NC(=O)C=Cc1ccc(Cl)c(Cl)c1)c1ccccc1. The Morgan fingerprint density at radius 3 is 2.48 bits per heavy atom. The lowest BCUT2D eigenvalue weighted by Gasteiger charge is -2.12. The molecule has 2 rings (SSSR count). The van der Waals surface area contributed by atoms with E-state index in [0.717, 1.165) is 11.1 Å². The zero-order chi connectivity index (χ0) is 15.2. The topological polar surface area (TPSA) is 29.1 Å². The molecule has 0 aromatic heterocycles. The van der Waals surface area contributed by atoms with Crippen molar-refractivity contribution < 1.29 is 4.79 Å². The second-order valence-corrected chi connectivity index (χ2v) is 5.46. The Balaban J connectivity index is 1.98. The van der Waals surface area contributed by atoms with Crippen molar-refractivity contribution >= 4 is 35.2 Å². The Kier molecular flexibility index (Phi) is 5.43. The first-order valence-electron chi connectivity index (χ1n) is 6.55. The highest BCUT2D eigenvalue weighted by Gasteiger charge is 2.06. The van der Waals surface area contributed by atoms with Gasteiger partial charge in [-0.2, -0.15) is 0 Å². The summed E-state index contributed by atoms with van der Waals surface area (Å²) in [6.45, 7) is 1.94. The van der Waals surface area contributed by atoms with E-state index < -0.39 is 0 Å². The lowest BCUT2D eigenvalue weighted by Crippen LogP contribution is -2.24. The van der Waals surface area contributed by atoms with E-state index >= 15 is 0 Å². The molecule has 0 spiro atoms. The van der Waals surface area contributed by atoms with Crippen LogP contribution in [-0.4, -0.2) is 5.91 Å². The number of nitrogens with one attached hydrogen (secondary N) is 1. The molecule has 0 heterocycles. The van der Waals surface area contributed by atoms with Crippen molar-refractivity contribution in [2.45, 2.75) is 13.0 Å². The van der Waals surface area contributed by atoms with Crippen LogP contribution in [0.5, 0.6) is 0 Å². The van der Waals surface area contributed by atoms with Gasteiger partial charge in [0.15, 0.2) is 0 Å². The molecule has 2 aromatic carbocycles. The first-order valence-corrected chi connectivity index (χ1v) is 7.30. The van der Waals surface area contributed by atoms with Crippen molar-refractivity contribution in [1.82, 2.24) is 5.32 Å². The average molecular weight is 320 g/mol. The summed E-state index contributed by atoms with van der Waals surface area (Å²) >= 11 is 11.8. The summed E-state index contributed by atoms with van der Waals surface area (Å²) < 4.78 is 0. The number of amides is 1. The van der Waals surface area contributed by atoms with Crippen molar-refractivity contribution in [2.75, 3.05) is 0 Å². The van der Waals surface area contributed by atoms with Crippen LogP contribution >= 0.6 is 23.2 Å². The fourth-order valence-electron chi connectivity index (χ4n) is 1.87. The Hall–Kier alpha value is -1.77. The molecule has 108 valence electrons. The molecule has 1 amide bonds. The van der Waals surface area contributed by atoms with Crippen LogP contribution in [-0.2, 0) is 4.79 Å². The van der Waals surface area contributed by atoms with Crippen LogP contribution in [0.3, 0.4) is 0 Å². The van der Waals surface area contributed by atoms with E-state index in [1.165, 1.54) is 6.08 Å². The quantitative estimate of drug-likeness (QED) is 0.799. The molecule has 0 radical (unpaired) electrons. The number of halogens is 2. The summed E-state index contributed by atoms with van der Waals surface area (Å²) in [6, 6.07) is 15.0. The number of rotatable bonds is 4. The van der Waals surface area contributed by atoms with Gasteiger partial charge < -0.3 is 5.32 Å². The average Bonchev–Trinajstić information content (AvgIpc) is 2.49. The summed E-state index contributed by atoms with van der Waals surface area (Å²) in [5.74, 6) is -0.155. The van der Waals surface area contributed by atoms with Crippen LogP contribution in [0.4, 0.5) is 0 Å². The standard InChI is InChI=1S/C17H15Cl2NO/c1-12(14-5-3-2-4-6-14)20-17(21)10-8-13-7-9-15(18)16(19)11-13/h2-12H,1H3,(H,20,21). The van der Waals surface area contributed by atoms with Crippen LogP contribution in [0.15, 0.2) is 54.6 Å². The van der Waals surface area contributed by atoms with Gasteiger partial charge >= 0.3 is 0 Å². The minimum Gasteiger partial charge on any atom is -0.346 e. The molecular formula is C17H15Cl2NO. The third-order valence-corrected chi connectivity index (χ3v) is 3.77. The third kappa shape index (κ3) is 4.62. The number of carbonyl (C=O) groups is 1. The largest absolute Gasteiger partial charge is 0.346 e. The van der Waals surface area contributed by atoms with Crippen molar-refractivity contribution in [3.8, 4) is 0 Å². The van der Waals surface area contributed by atoms with Crippen molar-refractivity contribution in [3.63, 3.8) is 0 Å². The van der Waals surface area contributed by atoms with Gasteiger partial charge in [-0.3, -0.25) is 4.79 Å². The molecule has 0 bridgehead atoms. The smallest absolute Gasteiger partial charge is 0.244 e. The minimum atomic E-state index is -0.155. The van der Waals surface area contributed by atoms with Crippen molar-refractivity contribution in [2.24, 2.45) is 0 Å². The van der Waals surface area contributed by atoms with E-state index in [2.05, 4.69) is 5.32 Å². The summed E-state index contributed by atoms with van der Waals surface area (Å²) in [5, 5.41) is 3.87. The predicted octanol–water partition coefficient (Wildman–Crippen LogP) is 4.88. The van der Waals surface area contributed by atoms with Gasteiger partial charge in [-0.15, -0.1) is 0 Å². The summed E-state index contributed by atoms with van der Waals surface area (Å²) in [7, 11) is 0. The van der Waals surface area contributed by atoms with E-state index in [9.17, 15) is 4.79 Å². The summed E-state index contributed by atoms with van der Waals surface area (Å²) in [4.78, 5) is 11.9. The number of benzene rings is 2. The molecule has 0 aliphatic rings.